The van der Waals surface area contributed by atoms with Gasteiger partial charge in [0.05, 0.1) is 18.5 Å². The Bertz CT molecular complexity index is 660. The van der Waals surface area contributed by atoms with Gasteiger partial charge in [0.2, 0.25) is 0 Å². The summed E-state index contributed by atoms with van der Waals surface area (Å²) in [6.07, 6.45) is 5.69. The number of hydrogen-bond acceptors (Lipinski definition) is 5. The number of thiazole rings is 1. The van der Waals surface area contributed by atoms with Crippen LogP contribution in [0.1, 0.15) is 28.2 Å². The first-order valence-corrected chi connectivity index (χ1v) is 7.80. The van der Waals surface area contributed by atoms with E-state index in [1.807, 2.05) is 20.2 Å². The SMILES string of the molecule is Cc1nc(-c2cnn(C)c2)sc1C(=O)N(CCO)C1CC1. The monoisotopic (exact) mass is 306 g/mol. The molecule has 0 saturated heterocycles. The molecule has 0 unspecified atom stereocenters. The van der Waals surface area contributed by atoms with Gasteiger partial charge >= 0.3 is 0 Å². The second kappa shape index (κ2) is 5.57. The Morgan fingerprint density at radius 1 is 1.57 bits per heavy atom. The van der Waals surface area contributed by atoms with Crippen molar-refractivity contribution in [2.45, 2.75) is 25.8 Å². The maximum atomic E-state index is 12.7. The minimum absolute atomic E-state index is 0.00441. The molecule has 1 saturated carbocycles. The number of rotatable bonds is 5. The summed E-state index contributed by atoms with van der Waals surface area (Å²) in [5.74, 6) is -0.0170. The van der Waals surface area contributed by atoms with Gasteiger partial charge in [-0.2, -0.15) is 5.10 Å². The van der Waals surface area contributed by atoms with Crippen LogP contribution in [-0.2, 0) is 7.05 Å². The molecule has 1 aliphatic carbocycles. The molecule has 7 heteroatoms. The van der Waals surface area contributed by atoms with Crippen molar-refractivity contribution in [2.24, 2.45) is 7.05 Å². The van der Waals surface area contributed by atoms with Crippen molar-refractivity contribution in [1.29, 1.82) is 0 Å². The highest BCUT2D eigenvalue weighted by molar-refractivity contribution is 7.17. The largest absolute Gasteiger partial charge is 0.395 e. The van der Waals surface area contributed by atoms with Gasteiger partial charge in [-0.25, -0.2) is 4.98 Å². The Balaban J connectivity index is 1.88. The van der Waals surface area contributed by atoms with E-state index in [4.69, 9.17) is 5.11 Å². The van der Waals surface area contributed by atoms with Crippen LogP contribution in [0.15, 0.2) is 12.4 Å². The van der Waals surface area contributed by atoms with E-state index in [1.54, 1.807) is 15.8 Å². The first-order valence-electron chi connectivity index (χ1n) is 6.98. The molecule has 0 aliphatic heterocycles. The van der Waals surface area contributed by atoms with Crippen molar-refractivity contribution in [1.82, 2.24) is 19.7 Å². The van der Waals surface area contributed by atoms with Crippen LogP contribution in [0.5, 0.6) is 0 Å². The van der Waals surface area contributed by atoms with Gasteiger partial charge < -0.3 is 10.0 Å². The number of amides is 1. The molecule has 3 rings (SSSR count). The number of nitrogens with zero attached hydrogens (tertiary/aromatic N) is 4. The Hall–Kier alpha value is -1.73. The van der Waals surface area contributed by atoms with Crippen molar-refractivity contribution in [3.05, 3.63) is 23.0 Å². The van der Waals surface area contributed by atoms with Gasteiger partial charge in [0.25, 0.3) is 5.91 Å². The fraction of sp³-hybridized carbons (Fsp3) is 0.500. The number of carbonyl (C=O) groups is 1. The lowest BCUT2D eigenvalue weighted by Gasteiger charge is -2.20. The summed E-state index contributed by atoms with van der Waals surface area (Å²) in [4.78, 5) is 19.6. The van der Waals surface area contributed by atoms with Crippen molar-refractivity contribution < 1.29 is 9.90 Å². The van der Waals surface area contributed by atoms with Gasteiger partial charge in [-0.1, -0.05) is 0 Å². The Kier molecular flexibility index (Phi) is 3.77. The number of hydrogen-bond donors (Lipinski definition) is 1. The van der Waals surface area contributed by atoms with Gasteiger partial charge in [0.1, 0.15) is 9.88 Å². The van der Waals surface area contributed by atoms with Crippen LogP contribution >= 0.6 is 11.3 Å². The minimum Gasteiger partial charge on any atom is -0.395 e. The van der Waals surface area contributed by atoms with E-state index in [0.29, 0.717) is 11.4 Å². The van der Waals surface area contributed by atoms with Crippen LogP contribution in [-0.4, -0.2) is 49.9 Å². The molecule has 0 atom stereocenters. The molecule has 0 bridgehead atoms. The van der Waals surface area contributed by atoms with Gasteiger partial charge in [-0.15, -0.1) is 11.3 Å². The average Bonchev–Trinajstić information content (AvgIpc) is 3.09. The van der Waals surface area contributed by atoms with Gasteiger partial charge in [0, 0.05) is 31.4 Å². The van der Waals surface area contributed by atoms with E-state index in [0.717, 1.165) is 29.1 Å². The second-order valence-electron chi connectivity index (χ2n) is 5.29. The van der Waals surface area contributed by atoms with Crippen LogP contribution in [0.2, 0.25) is 0 Å². The lowest BCUT2D eigenvalue weighted by molar-refractivity contribution is 0.0711. The zero-order chi connectivity index (χ0) is 15.0. The Morgan fingerprint density at radius 2 is 2.33 bits per heavy atom. The van der Waals surface area contributed by atoms with E-state index < -0.39 is 0 Å². The maximum absolute atomic E-state index is 12.7. The van der Waals surface area contributed by atoms with Gasteiger partial charge in [-0.05, 0) is 19.8 Å². The van der Waals surface area contributed by atoms with Crippen molar-refractivity contribution in [2.75, 3.05) is 13.2 Å². The number of aromatic nitrogens is 3. The molecular weight excluding hydrogens is 288 g/mol. The van der Waals surface area contributed by atoms with Crippen LogP contribution in [0.25, 0.3) is 10.6 Å². The fourth-order valence-electron chi connectivity index (χ4n) is 2.32. The molecule has 21 heavy (non-hydrogen) atoms. The highest BCUT2D eigenvalue weighted by Gasteiger charge is 2.34. The van der Waals surface area contributed by atoms with Gasteiger partial charge in [-0.3, -0.25) is 9.48 Å². The number of aliphatic hydroxyl groups excluding tert-OH is 1. The highest BCUT2D eigenvalue weighted by Crippen LogP contribution is 2.32. The molecule has 2 heterocycles. The summed E-state index contributed by atoms with van der Waals surface area (Å²) >= 11 is 1.40. The molecule has 1 N–H and O–H groups in total. The molecule has 1 amide bonds. The second-order valence-corrected chi connectivity index (χ2v) is 6.29. The highest BCUT2D eigenvalue weighted by atomic mass is 32.1. The summed E-state index contributed by atoms with van der Waals surface area (Å²) < 4.78 is 1.72. The van der Waals surface area contributed by atoms with Crippen LogP contribution in [0.4, 0.5) is 0 Å². The fourth-order valence-corrected chi connectivity index (χ4v) is 3.32. The van der Waals surface area contributed by atoms with Crippen LogP contribution in [0, 0.1) is 6.92 Å². The van der Waals surface area contributed by atoms with E-state index in [1.165, 1.54) is 11.3 Å². The molecule has 1 aliphatic rings. The third kappa shape index (κ3) is 2.84. The van der Waals surface area contributed by atoms with Gasteiger partial charge in [0.15, 0.2) is 0 Å². The summed E-state index contributed by atoms with van der Waals surface area (Å²) in [6, 6.07) is 0.285. The lowest BCUT2D eigenvalue weighted by atomic mass is 10.3. The van der Waals surface area contributed by atoms with Crippen LogP contribution < -0.4 is 0 Å². The number of aliphatic hydroxyl groups is 1. The maximum Gasteiger partial charge on any atom is 0.266 e. The lowest BCUT2D eigenvalue weighted by Crippen LogP contribution is -2.35. The predicted molar refractivity (Wildman–Crippen MR) is 80.2 cm³/mol. The molecule has 6 nitrogen and oxygen atoms in total. The van der Waals surface area contributed by atoms with E-state index in [-0.39, 0.29) is 18.6 Å². The molecule has 112 valence electrons. The van der Waals surface area contributed by atoms with Crippen molar-refractivity contribution >= 4 is 17.2 Å². The topological polar surface area (TPSA) is 71.2 Å². The Labute approximate surface area is 127 Å². The third-order valence-corrected chi connectivity index (χ3v) is 4.73. The Morgan fingerprint density at radius 3 is 2.90 bits per heavy atom. The third-order valence-electron chi connectivity index (χ3n) is 3.53. The summed E-state index contributed by atoms with van der Waals surface area (Å²) in [5.41, 5.74) is 1.66. The normalized spacial score (nSPS) is 14.4. The first kappa shape index (κ1) is 14.2. The molecule has 2 aromatic rings. The molecule has 0 radical (unpaired) electrons. The molecule has 2 aromatic heterocycles. The quantitative estimate of drug-likeness (QED) is 0.907. The average molecular weight is 306 g/mol. The predicted octanol–water partition coefficient (Wildman–Crippen LogP) is 1.45. The number of aryl methyl sites for hydroxylation is 2. The smallest absolute Gasteiger partial charge is 0.266 e. The zero-order valence-corrected chi connectivity index (χ0v) is 12.9. The summed E-state index contributed by atoms with van der Waals surface area (Å²) in [6.45, 7) is 2.24. The van der Waals surface area contributed by atoms with Crippen LogP contribution in [0.3, 0.4) is 0 Å². The molecular formula is C14H18N4O2S. The van der Waals surface area contributed by atoms with Crippen molar-refractivity contribution in [3.8, 4) is 10.6 Å². The summed E-state index contributed by atoms with van der Waals surface area (Å²) in [5, 5.41) is 14.1. The number of carbonyl (C=O) groups excluding carboxylic acids is 1. The standard InChI is InChI=1S/C14H18N4O2S/c1-9-12(14(20)18(5-6-19)11-3-4-11)21-13(16-9)10-7-15-17(2)8-10/h7-8,11,19H,3-6H2,1-2H3. The van der Waals surface area contributed by atoms with Crippen molar-refractivity contribution in [3.63, 3.8) is 0 Å². The summed E-state index contributed by atoms with van der Waals surface area (Å²) in [7, 11) is 1.85. The minimum atomic E-state index is -0.0170. The first-order chi connectivity index (χ1) is 10.1. The van der Waals surface area contributed by atoms with E-state index in [2.05, 4.69) is 10.1 Å². The zero-order valence-electron chi connectivity index (χ0n) is 12.1. The molecule has 0 aromatic carbocycles. The molecule has 1 fully saturated rings. The van der Waals surface area contributed by atoms with E-state index >= 15 is 0 Å². The molecule has 0 spiro atoms. The van der Waals surface area contributed by atoms with E-state index in [9.17, 15) is 4.79 Å².